The fourth-order valence-corrected chi connectivity index (χ4v) is 2.80. The third-order valence-electron chi connectivity index (χ3n) is 2.83. The standard InChI is InChI=1S/C13H12ClF3N2S/c1-19-11(6-14)7-18-12(19)20-8-9-2-4-10(5-3-9)13(15,16)17/h2-5,7H,6,8H2,1H3. The smallest absolute Gasteiger partial charge is 0.325 e. The topological polar surface area (TPSA) is 17.8 Å². The minimum Gasteiger partial charge on any atom is -0.325 e. The molecule has 0 saturated heterocycles. The van der Waals surface area contributed by atoms with Gasteiger partial charge in [0.15, 0.2) is 5.16 Å². The molecule has 2 rings (SSSR count). The van der Waals surface area contributed by atoms with Crippen LogP contribution in [-0.4, -0.2) is 9.55 Å². The highest BCUT2D eigenvalue weighted by Crippen LogP contribution is 2.30. The van der Waals surface area contributed by atoms with E-state index in [0.29, 0.717) is 11.6 Å². The van der Waals surface area contributed by atoms with Gasteiger partial charge in [0.05, 0.1) is 23.3 Å². The Morgan fingerprint density at radius 2 is 1.90 bits per heavy atom. The molecule has 7 heteroatoms. The molecular weight excluding hydrogens is 309 g/mol. The summed E-state index contributed by atoms with van der Waals surface area (Å²) in [5, 5.41) is 0.792. The summed E-state index contributed by atoms with van der Waals surface area (Å²) in [5.74, 6) is 0.940. The van der Waals surface area contributed by atoms with Crippen molar-refractivity contribution in [3.05, 3.63) is 47.3 Å². The quantitative estimate of drug-likeness (QED) is 0.611. The van der Waals surface area contributed by atoms with Crippen LogP contribution in [0.4, 0.5) is 13.2 Å². The van der Waals surface area contributed by atoms with Gasteiger partial charge in [-0.15, -0.1) is 11.6 Å². The summed E-state index contributed by atoms with van der Waals surface area (Å²) in [7, 11) is 1.86. The molecule has 0 N–H and O–H groups in total. The zero-order chi connectivity index (χ0) is 14.8. The van der Waals surface area contributed by atoms with Crippen molar-refractivity contribution in [2.24, 2.45) is 7.05 Å². The van der Waals surface area contributed by atoms with E-state index in [4.69, 9.17) is 11.6 Å². The molecule has 0 aliphatic heterocycles. The van der Waals surface area contributed by atoms with E-state index in [1.165, 1.54) is 23.9 Å². The zero-order valence-corrected chi connectivity index (χ0v) is 12.2. The third-order valence-corrected chi connectivity index (χ3v) is 4.22. The van der Waals surface area contributed by atoms with E-state index >= 15 is 0 Å². The molecule has 0 spiro atoms. The Kier molecular flexibility index (Phi) is 4.65. The number of imidazole rings is 1. The average Bonchev–Trinajstić information content (AvgIpc) is 2.76. The number of hydrogen-bond donors (Lipinski definition) is 0. The lowest BCUT2D eigenvalue weighted by Crippen LogP contribution is -2.04. The molecule has 1 aromatic heterocycles. The van der Waals surface area contributed by atoms with Crippen molar-refractivity contribution in [1.82, 2.24) is 9.55 Å². The lowest BCUT2D eigenvalue weighted by atomic mass is 10.1. The highest BCUT2D eigenvalue weighted by atomic mass is 35.5. The molecule has 0 atom stereocenters. The van der Waals surface area contributed by atoms with Gasteiger partial charge in [0, 0.05) is 12.8 Å². The SMILES string of the molecule is Cn1c(CCl)cnc1SCc1ccc(C(F)(F)F)cc1. The largest absolute Gasteiger partial charge is 0.416 e. The van der Waals surface area contributed by atoms with E-state index in [9.17, 15) is 13.2 Å². The molecule has 0 amide bonds. The van der Waals surface area contributed by atoms with Crippen LogP contribution in [0, 0.1) is 0 Å². The second-order valence-electron chi connectivity index (χ2n) is 4.21. The molecule has 2 nitrogen and oxygen atoms in total. The van der Waals surface area contributed by atoms with Gasteiger partial charge in [-0.1, -0.05) is 23.9 Å². The Morgan fingerprint density at radius 3 is 2.40 bits per heavy atom. The Hall–Kier alpha value is -1.14. The first-order chi connectivity index (χ1) is 9.41. The van der Waals surface area contributed by atoms with Crippen molar-refractivity contribution >= 4 is 23.4 Å². The first-order valence-corrected chi connectivity index (χ1v) is 7.29. The van der Waals surface area contributed by atoms with E-state index in [0.717, 1.165) is 28.5 Å². The number of rotatable bonds is 4. The maximum absolute atomic E-state index is 12.4. The number of hydrogen-bond acceptors (Lipinski definition) is 2. The number of benzene rings is 1. The van der Waals surface area contributed by atoms with Crippen LogP contribution >= 0.6 is 23.4 Å². The third kappa shape index (κ3) is 3.49. The van der Waals surface area contributed by atoms with Crippen molar-refractivity contribution in [2.75, 3.05) is 0 Å². The van der Waals surface area contributed by atoms with Gasteiger partial charge in [0.2, 0.25) is 0 Å². The Bertz CT molecular complexity index is 578. The predicted molar refractivity (Wildman–Crippen MR) is 73.8 cm³/mol. The second-order valence-corrected chi connectivity index (χ2v) is 5.42. The minimum absolute atomic E-state index is 0.379. The van der Waals surface area contributed by atoms with Gasteiger partial charge in [0.1, 0.15) is 0 Å². The maximum Gasteiger partial charge on any atom is 0.416 e. The van der Waals surface area contributed by atoms with Crippen LogP contribution in [0.1, 0.15) is 16.8 Å². The molecule has 20 heavy (non-hydrogen) atoms. The minimum atomic E-state index is -4.29. The van der Waals surface area contributed by atoms with Gasteiger partial charge in [-0.3, -0.25) is 0 Å². The van der Waals surface area contributed by atoms with E-state index in [-0.39, 0.29) is 0 Å². The molecule has 0 aliphatic carbocycles. The second kappa shape index (κ2) is 6.10. The highest BCUT2D eigenvalue weighted by molar-refractivity contribution is 7.98. The van der Waals surface area contributed by atoms with E-state index in [2.05, 4.69) is 4.98 Å². The summed E-state index contributed by atoms with van der Waals surface area (Å²) in [5.41, 5.74) is 1.09. The van der Waals surface area contributed by atoms with E-state index < -0.39 is 11.7 Å². The average molecular weight is 321 g/mol. The molecule has 0 unspecified atom stereocenters. The number of alkyl halides is 4. The van der Waals surface area contributed by atoms with Crippen LogP contribution in [0.15, 0.2) is 35.6 Å². The Labute approximate surface area is 124 Å². The number of halogens is 4. The lowest BCUT2D eigenvalue weighted by molar-refractivity contribution is -0.137. The molecule has 108 valence electrons. The monoisotopic (exact) mass is 320 g/mol. The molecule has 0 aliphatic rings. The van der Waals surface area contributed by atoms with Gasteiger partial charge >= 0.3 is 6.18 Å². The summed E-state index contributed by atoms with van der Waals surface area (Å²) in [6.07, 6.45) is -2.59. The van der Waals surface area contributed by atoms with Crippen molar-refractivity contribution in [3.63, 3.8) is 0 Å². The predicted octanol–water partition coefficient (Wildman–Crippen LogP) is 4.47. The van der Waals surface area contributed by atoms with Crippen molar-refractivity contribution in [2.45, 2.75) is 23.0 Å². The maximum atomic E-state index is 12.4. The molecule has 0 saturated carbocycles. The van der Waals surface area contributed by atoms with Gasteiger partial charge in [-0.25, -0.2) is 4.98 Å². The van der Waals surface area contributed by atoms with Crippen LogP contribution in [0.25, 0.3) is 0 Å². The lowest BCUT2D eigenvalue weighted by Gasteiger charge is -2.07. The van der Waals surface area contributed by atoms with Crippen LogP contribution in [0.3, 0.4) is 0 Å². The number of thioether (sulfide) groups is 1. The molecule has 0 fully saturated rings. The van der Waals surface area contributed by atoms with Crippen molar-refractivity contribution < 1.29 is 13.2 Å². The summed E-state index contributed by atoms with van der Waals surface area (Å²) in [6, 6.07) is 5.17. The summed E-state index contributed by atoms with van der Waals surface area (Å²) in [4.78, 5) is 4.22. The van der Waals surface area contributed by atoms with Gasteiger partial charge in [0.25, 0.3) is 0 Å². The number of nitrogens with zero attached hydrogens (tertiary/aromatic N) is 2. The molecule has 2 aromatic rings. The molecule has 0 bridgehead atoms. The van der Waals surface area contributed by atoms with E-state index in [1.54, 1.807) is 6.20 Å². The van der Waals surface area contributed by atoms with Crippen molar-refractivity contribution in [1.29, 1.82) is 0 Å². The fraction of sp³-hybridized carbons (Fsp3) is 0.308. The first kappa shape index (κ1) is 15.3. The van der Waals surface area contributed by atoms with Crippen LogP contribution in [-0.2, 0) is 24.9 Å². The molecular formula is C13H12ClF3N2S. The Balaban J connectivity index is 2.02. The summed E-state index contributed by atoms with van der Waals surface area (Å²) >= 11 is 7.21. The van der Waals surface area contributed by atoms with Crippen molar-refractivity contribution in [3.8, 4) is 0 Å². The molecule has 1 heterocycles. The fourth-order valence-electron chi connectivity index (χ4n) is 1.62. The highest BCUT2D eigenvalue weighted by Gasteiger charge is 2.29. The summed E-state index contributed by atoms with van der Waals surface area (Å²) in [6.45, 7) is 0. The first-order valence-electron chi connectivity index (χ1n) is 5.77. The van der Waals surface area contributed by atoms with E-state index in [1.807, 2.05) is 11.6 Å². The van der Waals surface area contributed by atoms with Gasteiger partial charge < -0.3 is 4.57 Å². The van der Waals surface area contributed by atoms with Crippen LogP contribution in [0.5, 0.6) is 0 Å². The normalized spacial score (nSPS) is 11.8. The number of aromatic nitrogens is 2. The van der Waals surface area contributed by atoms with Crippen LogP contribution in [0.2, 0.25) is 0 Å². The Morgan fingerprint density at radius 1 is 1.25 bits per heavy atom. The van der Waals surface area contributed by atoms with Gasteiger partial charge in [-0.2, -0.15) is 13.2 Å². The van der Waals surface area contributed by atoms with Crippen LogP contribution < -0.4 is 0 Å². The zero-order valence-electron chi connectivity index (χ0n) is 10.6. The molecule has 0 radical (unpaired) electrons. The summed E-state index contributed by atoms with van der Waals surface area (Å²) < 4.78 is 39.2. The van der Waals surface area contributed by atoms with Gasteiger partial charge in [-0.05, 0) is 17.7 Å². The molecule has 1 aromatic carbocycles.